The average Bonchev–Trinajstić information content (AvgIpc) is 2.96. The first-order chi connectivity index (χ1) is 14.0. The number of fused-ring (bicyclic) bond motifs is 3. The van der Waals surface area contributed by atoms with Gasteiger partial charge in [-0.2, -0.15) is 0 Å². The van der Waals surface area contributed by atoms with Crippen LogP contribution in [0.15, 0.2) is 81.7 Å². The van der Waals surface area contributed by atoms with E-state index in [1.807, 2.05) is 0 Å². The minimum atomic E-state index is -0.0841. The van der Waals surface area contributed by atoms with Crippen molar-refractivity contribution >= 4 is 17.5 Å². The van der Waals surface area contributed by atoms with E-state index in [1.165, 1.54) is 32.0 Å². The van der Waals surface area contributed by atoms with Gasteiger partial charge in [0.25, 0.3) is 0 Å². The predicted molar refractivity (Wildman–Crippen MR) is 122 cm³/mol. The van der Waals surface area contributed by atoms with Crippen molar-refractivity contribution < 1.29 is 5.21 Å². The monoisotopic (exact) mass is 401 g/mol. The lowest BCUT2D eigenvalue weighted by molar-refractivity contribution is 0.318. The van der Waals surface area contributed by atoms with Crippen molar-refractivity contribution in [1.82, 2.24) is 0 Å². The van der Waals surface area contributed by atoms with E-state index in [1.54, 1.807) is 11.8 Å². The molecule has 0 fully saturated rings. The fourth-order valence-electron chi connectivity index (χ4n) is 4.18. The molecule has 1 N–H and O–H groups in total. The Morgan fingerprint density at radius 3 is 2.28 bits per heavy atom. The summed E-state index contributed by atoms with van der Waals surface area (Å²) in [4.78, 5) is 2.51. The molecule has 0 bridgehead atoms. The molecule has 0 amide bonds. The molecule has 3 aromatic carbocycles. The molecule has 2 nitrogen and oxygen atoms in total. The highest BCUT2D eigenvalue weighted by atomic mass is 32.2. The van der Waals surface area contributed by atoms with Crippen LogP contribution in [-0.2, 0) is 5.41 Å². The highest BCUT2D eigenvalue weighted by Crippen LogP contribution is 2.50. The Morgan fingerprint density at radius 2 is 1.59 bits per heavy atom. The molecule has 1 aliphatic carbocycles. The van der Waals surface area contributed by atoms with Crippen molar-refractivity contribution in [3.8, 4) is 11.1 Å². The summed E-state index contributed by atoms with van der Waals surface area (Å²) < 4.78 is 0. The topological polar surface area (TPSA) is 32.6 Å². The van der Waals surface area contributed by atoms with Gasteiger partial charge in [-0.25, -0.2) is 0 Å². The van der Waals surface area contributed by atoms with E-state index >= 15 is 0 Å². The van der Waals surface area contributed by atoms with E-state index in [9.17, 15) is 5.21 Å². The van der Waals surface area contributed by atoms with Crippen LogP contribution < -0.4 is 0 Å². The van der Waals surface area contributed by atoms with Gasteiger partial charge in [-0.05, 0) is 71.0 Å². The number of nitrogens with zero attached hydrogens (tertiary/aromatic N) is 1. The molecule has 0 saturated carbocycles. The van der Waals surface area contributed by atoms with Gasteiger partial charge >= 0.3 is 0 Å². The standard InChI is InChI=1S/C26H27NOS/c1-4-5-11-25(27-28)18-12-14-21-22-15-13-20(29-19-9-7-6-8-10-19)17-24(22)26(2,3)23(21)16-18/h6-10,12-17,28H,4-5,11H2,1-3H3. The lowest BCUT2D eigenvalue weighted by Gasteiger charge is -2.22. The predicted octanol–water partition coefficient (Wildman–Crippen LogP) is 7.51. The number of hydrogen-bond acceptors (Lipinski definition) is 3. The summed E-state index contributed by atoms with van der Waals surface area (Å²) in [5.41, 5.74) is 6.99. The summed E-state index contributed by atoms with van der Waals surface area (Å²) in [6.45, 7) is 6.74. The molecule has 0 saturated heterocycles. The van der Waals surface area contributed by atoms with Gasteiger partial charge in [0.05, 0.1) is 5.71 Å². The molecule has 0 spiro atoms. The molecule has 1 aliphatic rings. The molecule has 4 rings (SSSR count). The summed E-state index contributed by atoms with van der Waals surface area (Å²) >= 11 is 1.80. The fourth-order valence-corrected chi connectivity index (χ4v) is 5.06. The summed E-state index contributed by atoms with van der Waals surface area (Å²) in [7, 11) is 0. The van der Waals surface area contributed by atoms with Crippen LogP contribution in [0.3, 0.4) is 0 Å². The number of benzene rings is 3. The van der Waals surface area contributed by atoms with Gasteiger partial charge in [0, 0.05) is 15.2 Å². The Bertz CT molecular complexity index is 1050. The Hall–Kier alpha value is -2.52. The first-order valence-corrected chi connectivity index (χ1v) is 11.1. The second-order valence-corrected chi connectivity index (χ2v) is 9.31. The van der Waals surface area contributed by atoms with Gasteiger partial charge < -0.3 is 5.21 Å². The molecule has 29 heavy (non-hydrogen) atoms. The van der Waals surface area contributed by atoms with Crippen LogP contribution >= 0.6 is 11.8 Å². The van der Waals surface area contributed by atoms with Crippen molar-refractivity contribution in [3.05, 3.63) is 83.4 Å². The van der Waals surface area contributed by atoms with Gasteiger partial charge in [0.2, 0.25) is 0 Å². The Morgan fingerprint density at radius 1 is 0.897 bits per heavy atom. The quantitative estimate of drug-likeness (QED) is 0.263. The van der Waals surface area contributed by atoms with E-state index < -0.39 is 0 Å². The first kappa shape index (κ1) is 19.8. The van der Waals surface area contributed by atoms with Crippen LogP contribution in [0.25, 0.3) is 11.1 Å². The summed E-state index contributed by atoms with van der Waals surface area (Å²) in [5, 5.41) is 13.1. The first-order valence-electron chi connectivity index (χ1n) is 10.3. The zero-order chi connectivity index (χ0) is 20.4. The van der Waals surface area contributed by atoms with Crippen LogP contribution in [0.4, 0.5) is 0 Å². The summed E-state index contributed by atoms with van der Waals surface area (Å²) in [5.74, 6) is 0. The molecule has 0 atom stereocenters. The second-order valence-electron chi connectivity index (χ2n) is 8.16. The van der Waals surface area contributed by atoms with E-state index in [0.29, 0.717) is 0 Å². The molecular formula is C26H27NOS. The van der Waals surface area contributed by atoms with Crippen molar-refractivity contribution in [2.75, 3.05) is 0 Å². The van der Waals surface area contributed by atoms with Crippen molar-refractivity contribution in [3.63, 3.8) is 0 Å². The van der Waals surface area contributed by atoms with E-state index in [-0.39, 0.29) is 5.41 Å². The van der Waals surface area contributed by atoms with Crippen LogP contribution in [-0.4, -0.2) is 10.9 Å². The van der Waals surface area contributed by atoms with E-state index in [0.717, 1.165) is 30.5 Å². The van der Waals surface area contributed by atoms with Gasteiger partial charge in [0.1, 0.15) is 0 Å². The second kappa shape index (κ2) is 8.08. The molecule has 0 unspecified atom stereocenters. The fraction of sp³-hybridized carbons (Fsp3) is 0.269. The third kappa shape index (κ3) is 3.72. The zero-order valence-corrected chi connectivity index (χ0v) is 18.1. The van der Waals surface area contributed by atoms with Gasteiger partial charge in [-0.3, -0.25) is 0 Å². The molecular weight excluding hydrogens is 374 g/mol. The van der Waals surface area contributed by atoms with Gasteiger partial charge in [-0.15, -0.1) is 0 Å². The molecule has 148 valence electrons. The normalized spacial score (nSPS) is 14.5. The Kier molecular flexibility index (Phi) is 5.51. The van der Waals surface area contributed by atoms with E-state index in [4.69, 9.17) is 0 Å². The number of unbranched alkanes of at least 4 members (excludes halogenated alkanes) is 1. The number of oxime groups is 1. The van der Waals surface area contributed by atoms with Crippen LogP contribution in [0.5, 0.6) is 0 Å². The zero-order valence-electron chi connectivity index (χ0n) is 17.3. The van der Waals surface area contributed by atoms with Crippen LogP contribution in [0.2, 0.25) is 0 Å². The maximum atomic E-state index is 9.52. The molecule has 3 heteroatoms. The molecule has 0 heterocycles. The average molecular weight is 402 g/mol. The lowest BCUT2D eigenvalue weighted by Crippen LogP contribution is -2.16. The minimum Gasteiger partial charge on any atom is -0.411 e. The number of rotatable bonds is 6. The highest BCUT2D eigenvalue weighted by molar-refractivity contribution is 7.99. The van der Waals surface area contributed by atoms with Crippen LogP contribution in [0, 0.1) is 0 Å². The summed E-state index contributed by atoms with van der Waals surface area (Å²) in [6, 6.07) is 23.8. The number of hydrogen-bond donors (Lipinski definition) is 1. The Labute approximate surface area is 177 Å². The largest absolute Gasteiger partial charge is 0.411 e. The van der Waals surface area contributed by atoms with Crippen molar-refractivity contribution in [1.29, 1.82) is 0 Å². The lowest BCUT2D eigenvalue weighted by atomic mass is 9.81. The van der Waals surface area contributed by atoms with Crippen molar-refractivity contribution in [2.24, 2.45) is 5.16 Å². The maximum absolute atomic E-state index is 9.52. The molecule has 0 radical (unpaired) electrons. The minimum absolute atomic E-state index is 0.0841. The smallest absolute Gasteiger partial charge is 0.0867 e. The van der Waals surface area contributed by atoms with Crippen molar-refractivity contribution in [2.45, 2.75) is 55.2 Å². The van der Waals surface area contributed by atoms with Gasteiger partial charge in [-0.1, -0.05) is 80.5 Å². The summed E-state index contributed by atoms with van der Waals surface area (Å²) in [6.07, 6.45) is 2.92. The maximum Gasteiger partial charge on any atom is 0.0867 e. The molecule has 0 aliphatic heterocycles. The van der Waals surface area contributed by atoms with Crippen LogP contribution in [0.1, 0.15) is 56.7 Å². The molecule has 3 aromatic rings. The van der Waals surface area contributed by atoms with Gasteiger partial charge in [0.15, 0.2) is 0 Å². The highest BCUT2D eigenvalue weighted by Gasteiger charge is 2.36. The third-order valence-corrected chi connectivity index (χ3v) is 6.84. The SMILES string of the molecule is CCCCC(=NO)c1ccc2c(c1)C(C)(C)c1cc(Sc3ccccc3)ccc1-2. The Balaban J connectivity index is 1.70. The third-order valence-electron chi connectivity index (χ3n) is 5.85. The molecule has 0 aromatic heterocycles. The van der Waals surface area contributed by atoms with E-state index in [2.05, 4.69) is 92.7 Å².